The van der Waals surface area contributed by atoms with Crippen LogP contribution in [0.15, 0.2) is 28.9 Å². The van der Waals surface area contributed by atoms with Crippen LogP contribution in [0.3, 0.4) is 0 Å². The highest BCUT2D eigenvalue weighted by molar-refractivity contribution is 6.40. The van der Waals surface area contributed by atoms with Crippen LogP contribution in [0, 0.1) is 6.92 Å². The molecule has 1 aromatic heterocycles. The van der Waals surface area contributed by atoms with E-state index in [0.717, 1.165) is 5.56 Å². The van der Waals surface area contributed by atoms with Crippen molar-refractivity contribution < 1.29 is 9.21 Å². The molecule has 1 heterocycles. The molecule has 0 unspecified atom stereocenters. The highest BCUT2D eigenvalue weighted by Gasteiger charge is 2.16. The molecule has 0 fully saturated rings. The molecule has 0 atom stereocenters. The van der Waals surface area contributed by atoms with Gasteiger partial charge in [0.25, 0.3) is 5.91 Å². The van der Waals surface area contributed by atoms with Gasteiger partial charge >= 0.3 is 0 Å². The van der Waals surface area contributed by atoms with Gasteiger partial charge in [-0.05, 0) is 25.1 Å². The third-order valence-corrected chi connectivity index (χ3v) is 2.97. The Morgan fingerprint density at radius 1 is 1.33 bits per heavy atom. The second-order valence-corrected chi connectivity index (χ2v) is 4.56. The molecule has 0 saturated carbocycles. The van der Waals surface area contributed by atoms with Crippen molar-refractivity contribution in [3.63, 3.8) is 0 Å². The van der Waals surface area contributed by atoms with Gasteiger partial charge in [0.15, 0.2) is 5.76 Å². The van der Waals surface area contributed by atoms with Crippen molar-refractivity contribution in [1.82, 2.24) is 0 Å². The fourth-order valence-electron chi connectivity index (χ4n) is 1.49. The van der Waals surface area contributed by atoms with E-state index in [0.29, 0.717) is 11.4 Å². The van der Waals surface area contributed by atoms with E-state index in [9.17, 15) is 4.79 Å². The number of carbonyl (C=O) groups is 1. The third kappa shape index (κ3) is 2.44. The Bertz CT molecular complexity index is 585. The van der Waals surface area contributed by atoms with Crippen molar-refractivity contribution in [2.75, 3.05) is 11.1 Å². The summed E-state index contributed by atoms with van der Waals surface area (Å²) in [4.78, 5) is 11.9. The Kier molecular flexibility index (Phi) is 3.50. The number of nitrogen functional groups attached to an aromatic ring is 1. The predicted molar refractivity (Wildman–Crippen MR) is 72.3 cm³/mol. The number of nitrogens with two attached hydrogens (primary N) is 1. The van der Waals surface area contributed by atoms with E-state index in [4.69, 9.17) is 33.4 Å². The minimum atomic E-state index is -0.411. The summed E-state index contributed by atoms with van der Waals surface area (Å²) in [6.45, 7) is 1.77. The molecule has 2 aromatic rings. The maximum atomic E-state index is 11.9. The molecule has 1 aromatic carbocycles. The molecule has 1 amide bonds. The van der Waals surface area contributed by atoms with Crippen molar-refractivity contribution in [1.29, 1.82) is 0 Å². The molecule has 0 radical (unpaired) electrons. The van der Waals surface area contributed by atoms with Crippen LogP contribution in [0.25, 0.3) is 0 Å². The number of amides is 1. The molecule has 0 aliphatic rings. The van der Waals surface area contributed by atoms with Crippen molar-refractivity contribution >= 4 is 40.5 Å². The first-order valence-electron chi connectivity index (χ1n) is 5.09. The van der Waals surface area contributed by atoms with Gasteiger partial charge in [-0.3, -0.25) is 4.79 Å². The Labute approximate surface area is 114 Å². The average molecular weight is 285 g/mol. The van der Waals surface area contributed by atoms with Gasteiger partial charge in [0.05, 0.1) is 22.0 Å². The normalized spacial score (nSPS) is 10.4. The zero-order valence-corrected chi connectivity index (χ0v) is 11.0. The minimum Gasteiger partial charge on any atom is -0.459 e. The van der Waals surface area contributed by atoms with Crippen molar-refractivity contribution in [3.8, 4) is 0 Å². The maximum Gasteiger partial charge on any atom is 0.291 e. The zero-order chi connectivity index (χ0) is 13.3. The van der Waals surface area contributed by atoms with Gasteiger partial charge in [-0.1, -0.05) is 23.2 Å². The first-order valence-corrected chi connectivity index (χ1v) is 5.84. The molecule has 3 N–H and O–H groups in total. The van der Waals surface area contributed by atoms with E-state index in [1.807, 2.05) is 0 Å². The molecular formula is C12H10Cl2N2O2. The highest BCUT2D eigenvalue weighted by atomic mass is 35.5. The summed E-state index contributed by atoms with van der Waals surface area (Å²) in [5.41, 5.74) is 7.05. The van der Waals surface area contributed by atoms with E-state index in [-0.39, 0.29) is 15.8 Å². The third-order valence-electron chi connectivity index (χ3n) is 2.37. The predicted octanol–water partition coefficient (Wildman–Crippen LogP) is 3.73. The van der Waals surface area contributed by atoms with Crippen molar-refractivity contribution in [3.05, 3.63) is 45.8 Å². The van der Waals surface area contributed by atoms with Crippen LogP contribution >= 0.6 is 23.2 Å². The Balaban J connectivity index is 2.31. The summed E-state index contributed by atoms with van der Waals surface area (Å²) in [6, 6.07) is 4.72. The zero-order valence-electron chi connectivity index (χ0n) is 9.46. The number of halogens is 2. The summed E-state index contributed by atoms with van der Waals surface area (Å²) >= 11 is 11.9. The molecule has 0 bridgehead atoms. The number of hydrogen-bond acceptors (Lipinski definition) is 3. The SMILES string of the molecule is Cc1ccoc1C(=O)Nc1c(Cl)cc(N)cc1Cl. The Morgan fingerprint density at radius 3 is 2.44 bits per heavy atom. The standard InChI is InChI=1S/C12H10Cl2N2O2/c1-6-2-3-18-11(6)12(17)16-10-8(13)4-7(15)5-9(10)14/h2-5H,15H2,1H3,(H,16,17). The molecule has 18 heavy (non-hydrogen) atoms. The van der Waals surface area contributed by atoms with Crippen LogP contribution in [0.5, 0.6) is 0 Å². The lowest BCUT2D eigenvalue weighted by atomic mass is 10.2. The summed E-state index contributed by atoms with van der Waals surface area (Å²) in [6.07, 6.45) is 1.44. The number of carbonyl (C=O) groups excluding carboxylic acids is 1. The molecule has 94 valence electrons. The van der Waals surface area contributed by atoms with E-state index >= 15 is 0 Å². The molecule has 0 spiro atoms. The monoisotopic (exact) mass is 284 g/mol. The Morgan fingerprint density at radius 2 is 1.94 bits per heavy atom. The summed E-state index contributed by atoms with van der Waals surface area (Å²) in [5, 5.41) is 3.15. The number of nitrogens with one attached hydrogen (secondary N) is 1. The van der Waals surface area contributed by atoms with Gasteiger partial charge in [-0.15, -0.1) is 0 Å². The van der Waals surface area contributed by atoms with Crippen LogP contribution in [-0.2, 0) is 0 Å². The fourth-order valence-corrected chi connectivity index (χ4v) is 2.09. The molecule has 6 heteroatoms. The number of anilines is 2. The lowest BCUT2D eigenvalue weighted by Gasteiger charge is -2.09. The lowest BCUT2D eigenvalue weighted by Crippen LogP contribution is -2.13. The van der Waals surface area contributed by atoms with Crippen molar-refractivity contribution in [2.45, 2.75) is 6.92 Å². The molecule has 0 aliphatic heterocycles. The first kappa shape index (κ1) is 12.8. The van der Waals surface area contributed by atoms with Crippen LogP contribution in [0.2, 0.25) is 10.0 Å². The van der Waals surface area contributed by atoms with Gasteiger partial charge in [-0.2, -0.15) is 0 Å². The smallest absolute Gasteiger partial charge is 0.291 e. The molecule has 4 nitrogen and oxygen atoms in total. The number of hydrogen-bond donors (Lipinski definition) is 2. The van der Waals surface area contributed by atoms with Gasteiger partial charge in [0, 0.05) is 11.3 Å². The summed E-state index contributed by atoms with van der Waals surface area (Å²) < 4.78 is 5.08. The first-order chi connectivity index (χ1) is 8.49. The minimum absolute atomic E-state index is 0.221. The number of furan rings is 1. The second-order valence-electron chi connectivity index (χ2n) is 3.75. The van der Waals surface area contributed by atoms with Crippen LogP contribution in [0.1, 0.15) is 16.1 Å². The molecule has 0 aliphatic carbocycles. The van der Waals surface area contributed by atoms with Crippen LogP contribution < -0.4 is 11.1 Å². The largest absolute Gasteiger partial charge is 0.459 e. The summed E-state index contributed by atoms with van der Waals surface area (Å²) in [5.74, 6) is -0.190. The number of rotatable bonds is 2. The van der Waals surface area contributed by atoms with Gasteiger partial charge in [-0.25, -0.2) is 0 Å². The lowest BCUT2D eigenvalue weighted by molar-refractivity contribution is 0.0996. The second kappa shape index (κ2) is 4.92. The van der Waals surface area contributed by atoms with Gasteiger partial charge in [0.2, 0.25) is 0 Å². The number of aryl methyl sites for hydroxylation is 1. The topological polar surface area (TPSA) is 68.3 Å². The molecule has 0 saturated heterocycles. The summed E-state index contributed by atoms with van der Waals surface area (Å²) in [7, 11) is 0. The maximum absolute atomic E-state index is 11.9. The van der Waals surface area contributed by atoms with E-state index < -0.39 is 5.91 Å². The van der Waals surface area contributed by atoms with E-state index in [2.05, 4.69) is 5.32 Å². The number of benzene rings is 1. The van der Waals surface area contributed by atoms with Gasteiger partial charge in [0.1, 0.15) is 0 Å². The van der Waals surface area contributed by atoms with Crippen molar-refractivity contribution in [2.24, 2.45) is 0 Å². The highest BCUT2D eigenvalue weighted by Crippen LogP contribution is 2.33. The van der Waals surface area contributed by atoms with Crippen LogP contribution in [0.4, 0.5) is 11.4 Å². The van der Waals surface area contributed by atoms with Gasteiger partial charge < -0.3 is 15.5 Å². The molecular weight excluding hydrogens is 275 g/mol. The van der Waals surface area contributed by atoms with Crippen LogP contribution in [-0.4, -0.2) is 5.91 Å². The quantitative estimate of drug-likeness (QED) is 0.826. The average Bonchev–Trinajstić information content (AvgIpc) is 2.69. The van der Waals surface area contributed by atoms with E-state index in [1.54, 1.807) is 13.0 Å². The van der Waals surface area contributed by atoms with E-state index in [1.165, 1.54) is 18.4 Å². The fraction of sp³-hybridized carbons (Fsp3) is 0.0833. The molecule has 2 rings (SSSR count). The Hall–Kier alpha value is -1.65.